The van der Waals surface area contributed by atoms with Gasteiger partial charge in [0.15, 0.2) is 5.13 Å². The SMILES string of the molecule is Cc1ccc2oc(=O)cc(CC(=O)Nc3nc4ccc([N+](=O)[O-])cc4s3)c2c1. The molecule has 0 bridgehead atoms. The Labute approximate surface area is 161 Å². The molecule has 0 aliphatic heterocycles. The molecule has 0 radical (unpaired) electrons. The molecule has 4 rings (SSSR count). The van der Waals surface area contributed by atoms with Crippen LogP contribution in [0.15, 0.2) is 51.7 Å². The van der Waals surface area contributed by atoms with E-state index in [1.807, 2.05) is 19.1 Å². The van der Waals surface area contributed by atoms with Gasteiger partial charge in [-0.05, 0) is 30.7 Å². The van der Waals surface area contributed by atoms with E-state index in [1.54, 1.807) is 6.07 Å². The molecule has 1 amide bonds. The third kappa shape index (κ3) is 3.47. The summed E-state index contributed by atoms with van der Waals surface area (Å²) in [5, 5.41) is 14.6. The van der Waals surface area contributed by atoms with Gasteiger partial charge in [-0.25, -0.2) is 9.78 Å². The van der Waals surface area contributed by atoms with Crippen molar-refractivity contribution in [1.29, 1.82) is 0 Å². The highest BCUT2D eigenvalue weighted by molar-refractivity contribution is 7.22. The molecule has 0 saturated heterocycles. The maximum absolute atomic E-state index is 12.5. The number of hydrogen-bond donors (Lipinski definition) is 1. The minimum absolute atomic E-state index is 0.0262. The van der Waals surface area contributed by atoms with Crippen LogP contribution in [0.1, 0.15) is 11.1 Å². The molecule has 2 aromatic carbocycles. The Morgan fingerprint density at radius 1 is 1.25 bits per heavy atom. The number of fused-ring (bicyclic) bond motifs is 2. The molecule has 140 valence electrons. The zero-order valence-corrected chi connectivity index (χ0v) is 15.4. The van der Waals surface area contributed by atoms with Crippen LogP contribution in [0.5, 0.6) is 0 Å². The van der Waals surface area contributed by atoms with Gasteiger partial charge in [-0.15, -0.1) is 0 Å². The van der Waals surface area contributed by atoms with E-state index in [1.165, 1.54) is 24.3 Å². The van der Waals surface area contributed by atoms with Crippen molar-refractivity contribution in [3.8, 4) is 0 Å². The van der Waals surface area contributed by atoms with Crippen LogP contribution in [0.4, 0.5) is 10.8 Å². The number of hydrogen-bond acceptors (Lipinski definition) is 7. The van der Waals surface area contributed by atoms with Gasteiger partial charge < -0.3 is 9.73 Å². The maximum Gasteiger partial charge on any atom is 0.336 e. The van der Waals surface area contributed by atoms with Crippen LogP contribution in [0.25, 0.3) is 21.2 Å². The summed E-state index contributed by atoms with van der Waals surface area (Å²) in [5.74, 6) is -0.345. The third-order valence-corrected chi connectivity index (χ3v) is 5.10. The average Bonchev–Trinajstić information content (AvgIpc) is 3.03. The van der Waals surface area contributed by atoms with Gasteiger partial charge in [-0.2, -0.15) is 0 Å². The molecular formula is C19H13N3O5S. The highest BCUT2D eigenvalue weighted by Gasteiger charge is 2.14. The lowest BCUT2D eigenvalue weighted by atomic mass is 10.0. The fourth-order valence-electron chi connectivity index (χ4n) is 2.90. The molecule has 28 heavy (non-hydrogen) atoms. The van der Waals surface area contributed by atoms with Crippen LogP contribution in [0.2, 0.25) is 0 Å². The Morgan fingerprint density at radius 3 is 2.86 bits per heavy atom. The van der Waals surface area contributed by atoms with Gasteiger partial charge in [0.05, 0.1) is 21.6 Å². The molecule has 0 atom stereocenters. The number of benzene rings is 2. The minimum Gasteiger partial charge on any atom is -0.423 e. The Morgan fingerprint density at radius 2 is 2.07 bits per heavy atom. The van der Waals surface area contributed by atoms with E-state index in [2.05, 4.69) is 10.3 Å². The van der Waals surface area contributed by atoms with Crippen LogP contribution in [0.3, 0.4) is 0 Å². The number of carbonyl (C=O) groups is 1. The number of nitro groups is 1. The Hall–Kier alpha value is -3.59. The number of thiazole rings is 1. The van der Waals surface area contributed by atoms with E-state index < -0.39 is 10.5 Å². The number of amides is 1. The summed E-state index contributed by atoms with van der Waals surface area (Å²) in [6.45, 7) is 1.91. The van der Waals surface area contributed by atoms with Gasteiger partial charge in [0.2, 0.25) is 5.91 Å². The molecule has 0 saturated carbocycles. The normalized spacial score (nSPS) is 11.0. The number of anilines is 1. The molecule has 4 aromatic rings. The Bertz CT molecular complexity index is 1310. The molecule has 0 spiro atoms. The van der Waals surface area contributed by atoms with E-state index >= 15 is 0 Å². The highest BCUT2D eigenvalue weighted by Crippen LogP contribution is 2.29. The van der Waals surface area contributed by atoms with Crippen molar-refractivity contribution in [2.75, 3.05) is 5.32 Å². The topological polar surface area (TPSA) is 115 Å². The van der Waals surface area contributed by atoms with Gasteiger partial charge in [0.1, 0.15) is 5.58 Å². The second-order valence-corrected chi connectivity index (χ2v) is 7.27. The number of aryl methyl sites for hydroxylation is 1. The fraction of sp³-hybridized carbons (Fsp3) is 0.105. The summed E-state index contributed by atoms with van der Waals surface area (Å²) in [6, 6.07) is 11.0. The summed E-state index contributed by atoms with van der Waals surface area (Å²) < 4.78 is 5.78. The van der Waals surface area contributed by atoms with Crippen molar-refractivity contribution >= 4 is 49.2 Å². The summed E-state index contributed by atoms with van der Waals surface area (Å²) in [5.41, 5.74) is 1.97. The maximum atomic E-state index is 12.5. The van der Waals surface area contributed by atoms with Crippen LogP contribution in [-0.4, -0.2) is 15.8 Å². The lowest BCUT2D eigenvalue weighted by Gasteiger charge is -2.06. The minimum atomic E-state index is -0.522. The van der Waals surface area contributed by atoms with Crippen molar-refractivity contribution in [3.63, 3.8) is 0 Å². The quantitative estimate of drug-likeness (QED) is 0.319. The second-order valence-electron chi connectivity index (χ2n) is 6.24. The second kappa shape index (κ2) is 6.86. The largest absolute Gasteiger partial charge is 0.423 e. The molecule has 0 fully saturated rings. The first-order valence-corrected chi connectivity index (χ1v) is 9.09. The lowest BCUT2D eigenvalue weighted by molar-refractivity contribution is -0.384. The van der Waals surface area contributed by atoms with Crippen LogP contribution in [0, 0.1) is 17.0 Å². The van der Waals surface area contributed by atoms with Crippen molar-refractivity contribution < 1.29 is 14.1 Å². The van der Waals surface area contributed by atoms with Crippen molar-refractivity contribution in [2.45, 2.75) is 13.3 Å². The zero-order chi connectivity index (χ0) is 19.8. The molecule has 2 heterocycles. The zero-order valence-electron chi connectivity index (χ0n) is 14.6. The van der Waals surface area contributed by atoms with Gasteiger partial charge in [0.25, 0.3) is 5.69 Å². The molecule has 0 aliphatic rings. The van der Waals surface area contributed by atoms with Gasteiger partial charge in [0, 0.05) is 23.6 Å². The number of nitro benzene ring substituents is 1. The standard InChI is InChI=1S/C19H13N3O5S/c1-10-2-5-15-13(6-10)11(8-18(24)27-15)7-17(23)21-19-20-14-4-3-12(22(25)26)9-16(14)28-19/h2-6,8-9H,7H2,1H3,(H,20,21,23). The highest BCUT2D eigenvalue weighted by atomic mass is 32.1. The first-order chi connectivity index (χ1) is 13.4. The monoisotopic (exact) mass is 395 g/mol. The van der Waals surface area contributed by atoms with Gasteiger partial charge in [-0.3, -0.25) is 14.9 Å². The molecular weight excluding hydrogens is 382 g/mol. The summed E-state index contributed by atoms with van der Waals surface area (Å²) in [7, 11) is 0. The predicted molar refractivity (Wildman–Crippen MR) is 106 cm³/mol. The molecule has 8 nitrogen and oxygen atoms in total. The smallest absolute Gasteiger partial charge is 0.336 e. The van der Waals surface area contributed by atoms with E-state index in [4.69, 9.17) is 4.42 Å². The molecule has 1 N–H and O–H groups in total. The first-order valence-electron chi connectivity index (χ1n) is 8.27. The number of aromatic nitrogens is 1. The van der Waals surface area contributed by atoms with Crippen LogP contribution < -0.4 is 10.9 Å². The number of nitrogens with one attached hydrogen (secondary N) is 1. The number of non-ortho nitro benzene ring substituents is 1. The van der Waals surface area contributed by atoms with E-state index in [-0.39, 0.29) is 18.0 Å². The van der Waals surface area contributed by atoms with Crippen molar-refractivity contribution in [3.05, 3.63) is 74.1 Å². The molecule has 2 aromatic heterocycles. The number of nitrogens with zero attached hydrogens (tertiary/aromatic N) is 2. The first kappa shape index (κ1) is 17.8. The summed E-state index contributed by atoms with van der Waals surface area (Å²) in [4.78, 5) is 38.9. The van der Waals surface area contributed by atoms with E-state index in [0.717, 1.165) is 16.9 Å². The predicted octanol–water partition coefficient (Wildman–Crippen LogP) is 3.80. The summed E-state index contributed by atoms with van der Waals surface area (Å²) >= 11 is 1.15. The Balaban J connectivity index is 1.60. The van der Waals surface area contributed by atoms with E-state index in [9.17, 15) is 19.7 Å². The number of carbonyl (C=O) groups excluding carboxylic acids is 1. The van der Waals surface area contributed by atoms with Crippen molar-refractivity contribution in [1.82, 2.24) is 4.98 Å². The van der Waals surface area contributed by atoms with Crippen LogP contribution >= 0.6 is 11.3 Å². The molecule has 0 aliphatic carbocycles. The van der Waals surface area contributed by atoms with Crippen LogP contribution in [-0.2, 0) is 11.2 Å². The fourth-order valence-corrected chi connectivity index (χ4v) is 3.82. The van der Waals surface area contributed by atoms with Gasteiger partial charge >= 0.3 is 5.63 Å². The number of rotatable bonds is 4. The Kier molecular flexibility index (Phi) is 4.36. The van der Waals surface area contributed by atoms with Crippen molar-refractivity contribution in [2.24, 2.45) is 0 Å². The summed E-state index contributed by atoms with van der Waals surface area (Å²) in [6.07, 6.45) is -0.0262. The average molecular weight is 395 g/mol. The lowest BCUT2D eigenvalue weighted by Crippen LogP contribution is -2.15. The third-order valence-electron chi connectivity index (χ3n) is 4.16. The molecule has 0 unspecified atom stereocenters. The van der Waals surface area contributed by atoms with E-state index in [0.29, 0.717) is 31.9 Å². The van der Waals surface area contributed by atoms with Gasteiger partial charge in [-0.1, -0.05) is 23.0 Å². The molecule has 9 heteroatoms.